The summed E-state index contributed by atoms with van der Waals surface area (Å²) in [7, 11) is -3.36. The zero-order valence-corrected chi connectivity index (χ0v) is 12.5. The molecule has 0 atom stereocenters. The third-order valence-electron chi connectivity index (χ3n) is 2.66. The van der Waals surface area contributed by atoms with Gasteiger partial charge in [-0.3, -0.25) is 0 Å². The van der Waals surface area contributed by atoms with Crippen molar-refractivity contribution in [1.82, 2.24) is 4.31 Å². The molecule has 0 fully saturated rings. The van der Waals surface area contributed by atoms with Crippen molar-refractivity contribution in [3.8, 4) is 0 Å². The van der Waals surface area contributed by atoms with Crippen molar-refractivity contribution in [2.24, 2.45) is 0 Å². The van der Waals surface area contributed by atoms with Crippen LogP contribution in [0, 0.1) is 0 Å². The Bertz CT molecular complexity index is 450. The lowest BCUT2D eigenvalue weighted by Crippen LogP contribution is -2.32. The Morgan fingerprint density at radius 2 is 1.56 bits per heavy atom. The van der Waals surface area contributed by atoms with E-state index in [2.05, 4.69) is 0 Å². The van der Waals surface area contributed by atoms with Gasteiger partial charge in [0.15, 0.2) is 0 Å². The summed E-state index contributed by atoms with van der Waals surface area (Å²) in [4.78, 5) is 0.346. The van der Waals surface area contributed by atoms with Crippen LogP contribution in [-0.4, -0.2) is 25.8 Å². The average Bonchev–Trinajstić information content (AvgIpc) is 2.38. The third-order valence-corrected chi connectivity index (χ3v) is 4.88. The van der Waals surface area contributed by atoms with E-state index in [4.69, 9.17) is 11.6 Å². The molecule has 18 heavy (non-hydrogen) atoms. The van der Waals surface area contributed by atoms with Crippen LogP contribution in [0.1, 0.15) is 32.3 Å². The number of hydrogen-bond acceptors (Lipinski definition) is 2. The standard InChI is InChI=1S/C13H20ClNO2S/c1-3-9-15(10-4-2)18(16,17)13-7-5-12(11-14)6-8-13/h5-8H,3-4,9-11H2,1-2H3. The fourth-order valence-electron chi connectivity index (χ4n) is 1.75. The van der Waals surface area contributed by atoms with Gasteiger partial charge in [-0.15, -0.1) is 11.6 Å². The van der Waals surface area contributed by atoms with Crippen LogP contribution in [0.2, 0.25) is 0 Å². The van der Waals surface area contributed by atoms with Gasteiger partial charge in [-0.05, 0) is 30.5 Å². The second-order valence-corrected chi connectivity index (χ2v) is 6.39. The number of sulfonamides is 1. The lowest BCUT2D eigenvalue weighted by molar-refractivity contribution is 0.410. The number of benzene rings is 1. The minimum Gasteiger partial charge on any atom is -0.207 e. The largest absolute Gasteiger partial charge is 0.243 e. The summed E-state index contributed by atoms with van der Waals surface area (Å²) in [6.07, 6.45) is 1.64. The maximum absolute atomic E-state index is 12.4. The molecule has 0 bridgehead atoms. The molecular weight excluding hydrogens is 270 g/mol. The molecule has 5 heteroatoms. The number of alkyl halides is 1. The first kappa shape index (κ1) is 15.5. The first-order valence-corrected chi connectivity index (χ1v) is 8.18. The van der Waals surface area contributed by atoms with Crippen LogP contribution in [0.25, 0.3) is 0 Å². The van der Waals surface area contributed by atoms with Gasteiger partial charge in [0, 0.05) is 19.0 Å². The van der Waals surface area contributed by atoms with Gasteiger partial charge in [0.1, 0.15) is 0 Å². The highest BCUT2D eigenvalue weighted by Gasteiger charge is 2.22. The van der Waals surface area contributed by atoms with E-state index in [1.165, 1.54) is 0 Å². The lowest BCUT2D eigenvalue weighted by atomic mass is 10.2. The second kappa shape index (κ2) is 7.12. The summed E-state index contributed by atoms with van der Waals surface area (Å²) in [6, 6.07) is 6.78. The van der Waals surface area contributed by atoms with Gasteiger partial charge in [-0.1, -0.05) is 26.0 Å². The molecule has 0 aromatic heterocycles. The van der Waals surface area contributed by atoms with Gasteiger partial charge in [0.05, 0.1) is 4.90 Å². The van der Waals surface area contributed by atoms with E-state index < -0.39 is 10.0 Å². The molecule has 1 aromatic carbocycles. The average molecular weight is 290 g/mol. The van der Waals surface area contributed by atoms with Gasteiger partial charge in [0.2, 0.25) is 10.0 Å². The van der Waals surface area contributed by atoms with E-state index in [0.717, 1.165) is 18.4 Å². The summed E-state index contributed by atoms with van der Waals surface area (Å²) >= 11 is 5.70. The summed E-state index contributed by atoms with van der Waals surface area (Å²) in [5.74, 6) is 0.397. The Morgan fingerprint density at radius 3 is 1.94 bits per heavy atom. The second-order valence-electron chi connectivity index (χ2n) is 4.18. The van der Waals surface area contributed by atoms with Crippen LogP contribution in [0.15, 0.2) is 29.2 Å². The predicted octanol–water partition coefficient (Wildman–Crippen LogP) is 3.24. The van der Waals surface area contributed by atoms with Crippen LogP contribution in [0.3, 0.4) is 0 Å². The Morgan fingerprint density at radius 1 is 1.06 bits per heavy atom. The van der Waals surface area contributed by atoms with E-state index in [-0.39, 0.29) is 0 Å². The van der Waals surface area contributed by atoms with Gasteiger partial charge in [0.25, 0.3) is 0 Å². The molecule has 0 aliphatic carbocycles. The molecule has 102 valence electrons. The minimum atomic E-state index is -3.36. The Labute approximate surface area is 115 Å². The highest BCUT2D eigenvalue weighted by molar-refractivity contribution is 7.89. The molecule has 0 N–H and O–H groups in total. The summed E-state index contributed by atoms with van der Waals surface area (Å²) in [5.41, 5.74) is 0.924. The number of halogens is 1. The van der Waals surface area contributed by atoms with Gasteiger partial charge in [-0.2, -0.15) is 4.31 Å². The molecule has 0 spiro atoms. The van der Waals surface area contributed by atoms with Crippen molar-refractivity contribution in [1.29, 1.82) is 0 Å². The van der Waals surface area contributed by atoms with E-state index in [9.17, 15) is 8.42 Å². The fraction of sp³-hybridized carbons (Fsp3) is 0.538. The van der Waals surface area contributed by atoms with Crippen molar-refractivity contribution in [2.45, 2.75) is 37.5 Å². The first-order chi connectivity index (χ1) is 8.56. The highest BCUT2D eigenvalue weighted by atomic mass is 35.5. The van der Waals surface area contributed by atoms with Crippen molar-refractivity contribution in [2.75, 3.05) is 13.1 Å². The molecule has 0 amide bonds. The monoisotopic (exact) mass is 289 g/mol. The smallest absolute Gasteiger partial charge is 0.207 e. The number of hydrogen-bond donors (Lipinski definition) is 0. The lowest BCUT2D eigenvalue weighted by Gasteiger charge is -2.21. The van der Waals surface area contributed by atoms with Crippen LogP contribution in [-0.2, 0) is 15.9 Å². The Balaban J connectivity index is 3.01. The molecule has 1 rings (SSSR count). The Kier molecular flexibility index (Phi) is 6.12. The van der Waals surface area contributed by atoms with Crippen molar-refractivity contribution in [3.05, 3.63) is 29.8 Å². The summed E-state index contributed by atoms with van der Waals surface area (Å²) in [5, 5.41) is 0. The molecule has 0 unspecified atom stereocenters. The van der Waals surface area contributed by atoms with Crippen LogP contribution in [0.4, 0.5) is 0 Å². The quantitative estimate of drug-likeness (QED) is 0.723. The van der Waals surface area contributed by atoms with E-state index >= 15 is 0 Å². The predicted molar refractivity (Wildman–Crippen MR) is 75.3 cm³/mol. The van der Waals surface area contributed by atoms with Gasteiger partial charge in [-0.25, -0.2) is 8.42 Å². The van der Waals surface area contributed by atoms with Crippen LogP contribution in [0.5, 0.6) is 0 Å². The molecule has 0 aliphatic heterocycles. The third kappa shape index (κ3) is 3.70. The van der Waals surface area contributed by atoms with E-state index in [0.29, 0.717) is 23.9 Å². The normalized spacial score (nSPS) is 12.0. The first-order valence-electron chi connectivity index (χ1n) is 6.21. The SMILES string of the molecule is CCCN(CCC)S(=O)(=O)c1ccc(CCl)cc1. The van der Waals surface area contributed by atoms with Crippen molar-refractivity contribution in [3.63, 3.8) is 0 Å². The van der Waals surface area contributed by atoms with Crippen LogP contribution >= 0.6 is 11.6 Å². The molecule has 0 saturated heterocycles. The topological polar surface area (TPSA) is 37.4 Å². The minimum absolute atomic E-state index is 0.346. The highest BCUT2D eigenvalue weighted by Crippen LogP contribution is 2.17. The Hall–Kier alpha value is -0.580. The van der Waals surface area contributed by atoms with E-state index in [1.54, 1.807) is 28.6 Å². The molecule has 3 nitrogen and oxygen atoms in total. The van der Waals surface area contributed by atoms with E-state index in [1.807, 2.05) is 13.8 Å². The molecule has 0 radical (unpaired) electrons. The molecule has 0 aliphatic rings. The molecule has 0 heterocycles. The zero-order chi connectivity index (χ0) is 13.6. The summed E-state index contributed by atoms with van der Waals surface area (Å²) in [6.45, 7) is 5.09. The molecule has 0 saturated carbocycles. The van der Waals surface area contributed by atoms with Gasteiger partial charge >= 0.3 is 0 Å². The zero-order valence-electron chi connectivity index (χ0n) is 10.9. The van der Waals surface area contributed by atoms with Crippen molar-refractivity contribution >= 4 is 21.6 Å². The number of nitrogens with zero attached hydrogens (tertiary/aromatic N) is 1. The van der Waals surface area contributed by atoms with Gasteiger partial charge < -0.3 is 0 Å². The maximum atomic E-state index is 12.4. The fourth-order valence-corrected chi connectivity index (χ4v) is 3.55. The van der Waals surface area contributed by atoms with Crippen molar-refractivity contribution < 1.29 is 8.42 Å². The summed E-state index contributed by atoms with van der Waals surface area (Å²) < 4.78 is 26.4. The number of rotatable bonds is 7. The van der Waals surface area contributed by atoms with Crippen LogP contribution < -0.4 is 0 Å². The molecule has 1 aromatic rings. The maximum Gasteiger partial charge on any atom is 0.243 e. The molecular formula is C13H20ClNO2S.